The minimum absolute atomic E-state index is 0.0210. The van der Waals surface area contributed by atoms with E-state index in [0.717, 1.165) is 61.1 Å². The molecular weight excluding hydrogens is 386 g/mol. The first-order valence-corrected chi connectivity index (χ1v) is 10.4. The summed E-state index contributed by atoms with van der Waals surface area (Å²) < 4.78 is 0. The van der Waals surface area contributed by atoms with Crippen molar-refractivity contribution in [1.29, 1.82) is 0 Å². The van der Waals surface area contributed by atoms with Gasteiger partial charge in [-0.1, -0.05) is 35.9 Å². The van der Waals surface area contributed by atoms with Crippen LogP contribution in [0.3, 0.4) is 0 Å². The van der Waals surface area contributed by atoms with Gasteiger partial charge >= 0.3 is 6.03 Å². The first-order chi connectivity index (χ1) is 14.1. The fraction of sp³-hybridized carbons (Fsp3) is 0.364. The summed E-state index contributed by atoms with van der Waals surface area (Å²) in [5, 5.41) is 10.4. The van der Waals surface area contributed by atoms with Crippen LogP contribution in [0.1, 0.15) is 24.0 Å². The molecule has 2 aromatic carbocycles. The molecule has 6 nitrogen and oxygen atoms in total. The second kappa shape index (κ2) is 10.7. The Bertz CT molecular complexity index is 831. The van der Waals surface area contributed by atoms with E-state index < -0.39 is 0 Å². The topological polar surface area (TPSA) is 68.8 Å². The molecule has 1 saturated heterocycles. The molecule has 3 N–H and O–H groups in total. The van der Waals surface area contributed by atoms with Crippen LogP contribution in [0.5, 0.6) is 0 Å². The van der Waals surface area contributed by atoms with E-state index in [9.17, 15) is 4.79 Å². The second-order valence-electron chi connectivity index (χ2n) is 7.05. The highest BCUT2D eigenvalue weighted by Gasteiger charge is 2.17. The van der Waals surface area contributed by atoms with Gasteiger partial charge in [-0.25, -0.2) is 4.79 Å². The minimum atomic E-state index is -0.0210. The van der Waals surface area contributed by atoms with E-state index in [1.54, 1.807) is 7.05 Å². The fourth-order valence-corrected chi connectivity index (χ4v) is 3.39. The van der Waals surface area contributed by atoms with Crippen molar-refractivity contribution in [2.24, 2.45) is 4.99 Å². The lowest BCUT2D eigenvalue weighted by atomic mass is 10.1. The van der Waals surface area contributed by atoms with Gasteiger partial charge in [-0.3, -0.25) is 4.99 Å². The molecule has 0 atom stereocenters. The number of nitrogens with zero attached hydrogens (tertiary/aromatic N) is 2. The number of rotatable bonds is 6. The summed E-state index contributed by atoms with van der Waals surface area (Å²) in [6, 6.07) is 15.7. The van der Waals surface area contributed by atoms with E-state index in [1.807, 2.05) is 53.4 Å². The summed E-state index contributed by atoms with van der Waals surface area (Å²) in [4.78, 5) is 18.4. The van der Waals surface area contributed by atoms with Crippen LogP contribution < -0.4 is 16.0 Å². The van der Waals surface area contributed by atoms with Crippen LogP contribution in [-0.4, -0.2) is 43.6 Å². The third kappa shape index (κ3) is 6.68. The molecule has 1 heterocycles. The van der Waals surface area contributed by atoms with Gasteiger partial charge in [0, 0.05) is 43.9 Å². The predicted molar refractivity (Wildman–Crippen MR) is 120 cm³/mol. The fourth-order valence-electron chi connectivity index (χ4n) is 3.26. The van der Waals surface area contributed by atoms with Crippen molar-refractivity contribution in [2.45, 2.75) is 25.8 Å². The standard InChI is InChI=1S/C22H28ClN5O/c1-24-21(25-12-11-17-7-9-19(23)10-8-17)26-16-18-5-4-6-20(15-18)27-22(29)28-13-2-3-14-28/h4-10,15H,2-3,11-14,16H2,1H3,(H,27,29)(H2,24,25,26). The van der Waals surface area contributed by atoms with Crippen molar-refractivity contribution >= 4 is 29.3 Å². The number of hydrogen-bond donors (Lipinski definition) is 3. The van der Waals surface area contributed by atoms with Crippen LogP contribution >= 0.6 is 11.6 Å². The molecule has 0 aromatic heterocycles. The van der Waals surface area contributed by atoms with Crippen LogP contribution in [0, 0.1) is 0 Å². The molecule has 0 aliphatic carbocycles. The lowest BCUT2D eigenvalue weighted by molar-refractivity contribution is 0.222. The van der Waals surface area contributed by atoms with Crippen molar-refractivity contribution < 1.29 is 4.79 Å². The van der Waals surface area contributed by atoms with Gasteiger partial charge in [0.15, 0.2) is 5.96 Å². The number of guanidine groups is 1. The third-order valence-corrected chi connectivity index (χ3v) is 5.13. The number of carbonyl (C=O) groups excluding carboxylic acids is 1. The Morgan fingerprint density at radius 3 is 2.55 bits per heavy atom. The lowest BCUT2D eigenvalue weighted by Gasteiger charge is -2.17. The number of nitrogens with one attached hydrogen (secondary N) is 3. The zero-order valence-electron chi connectivity index (χ0n) is 16.7. The zero-order valence-corrected chi connectivity index (χ0v) is 17.5. The average molecular weight is 414 g/mol. The Balaban J connectivity index is 1.45. The van der Waals surface area contributed by atoms with Crippen LogP contribution in [0.2, 0.25) is 5.02 Å². The first-order valence-electron chi connectivity index (χ1n) is 9.98. The van der Waals surface area contributed by atoms with Crippen LogP contribution in [-0.2, 0) is 13.0 Å². The minimum Gasteiger partial charge on any atom is -0.356 e. The number of hydrogen-bond acceptors (Lipinski definition) is 2. The number of benzene rings is 2. The van der Waals surface area contributed by atoms with E-state index in [-0.39, 0.29) is 6.03 Å². The molecule has 2 aromatic rings. The molecule has 0 spiro atoms. The van der Waals surface area contributed by atoms with E-state index in [0.29, 0.717) is 6.54 Å². The maximum atomic E-state index is 12.3. The molecule has 3 rings (SSSR count). The van der Waals surface area contributed by atoms with E-state index in [1.165, 1.54) is 5.56 Å². The molecule has 1 fully saturated rings. The molecule has 1 aliphatic rings. The van der Waals surface area contributed by atoms with Crippen LogP contribution in [0.25, 0.3) is 0 Å². The highest BCUT2D eigenvalue weighted by Crippen LogP contribution is 2.14. The van der Waals surface area contributed by atoms with Gasteiger partial charge in [-0.05, 0) is 54.7 Å². The van der Waals surface area contributed by atoms with E-state index in [4.69, 9.17) is 11.6 Å². The highest BCUT2D eigenvalue weighted by atomic mass is 35.5. The van der Waals surface area contributed by atoms with Gasteiger partial charge in [0.05, 0.1) is 0 Å². The van der Waals surface area contributed by atoms with Crippen molar-refractivity contribution in [3.63, 3.8) is 0 Å². The quantitative estimate of drug-likeness (QED) is 0.497. The number of amides is 2. The molecule has 0 bridgehead atoms. The molecule has 29 heavy (non-hydrogen) atoms. The highest BCUT2D eigenvalue weighted by molar-refractivity contribution is 6.30. The maximum Gasteiger partial charge on any atom is 0.321 e. The van der Waals surface area contributed by atoms with Crippen molar-refractivity contribution in [3.05, 3.63) is 64.7 Å². The van der Waals surface area contributed by atoms with Crippen LogP contribution in [0.15, 0.2) is 53.5 Å². The molecule has 0 unspecified atom stereocenters. The summed E-state index contributed by atoms with van der Waals surface area (Å²) in [5.41, 5.74) is 3.11. The van der Waals surface area contributed by atoms with Gasteiger partial charge in [-0.2, -0.15) is 0 Å². The number of anilines is 1. The molecule has 154 valence electrons. The van der Waals surface area contributed by atoms with Gasteiger partial charge in [0.25, 0.3) is 0 Å². The molecule has 1 aliphatic heterocycles. The monoisotopic (exact) mass is 413 g/mol. The summed E-state index contributed by atoms with van der Waals surface area (Å²) in [6.07, 6.45) is 3.05. The summed E-state index contributed by atoms with van der Waals surface area (Å²) in [6.45, 7) is 3.07. The van der Waals surface area contributed by atoms with Crippen molar-refractivity contribution in [3.8, 4) is 0 Å². The average Bonchev–Trinajstić information content (AvgIpc) is 3.27. The first kappa shape index (κ1) is 21.0. The number of aliphatic imine (C=N–C) groups is 1. The second-order valence-corrected chi connectivity index (χ2v) is 7.49. The molecule has 0 radical (unpaired) electrons. The summed E-state index contributed by atoms with van der Waals surface area (Å²) in [7, 11) is 1.75. The number of urea groups is 1. The normalized spacial score (nSPS) is 14.0. The Kier molecular flexibility index (Phi) is 7.76. The third-order valence-electron chi connectivity index (χ3n) is 4.87. The van der Waals surface area contributed by atoms with E-state index in [2.05, 4.69) is 20.9 Å². The van der Waals surface area contributed by atoms with Gasteiger partial charge in [-0.15, -0.1) is 0 Å². The SMILES string of the molecule is CN=C(NCCc1ccc(Cl)cc1)NCc1cccc(NC(=O)N2CCCC2)c1. The molecular formula is C22H28ClN5O. The largest absolute Gasteiger partial charge is 0.356 e. The van der Waals surface area contributed by atoms with Crippen molar-refractivity contribution in [1.82, 2.24) is 15.5 Å². The molecule has 0 saturated carbocycles. The number of carbonyl (C=O) groups is 1. The van der Waals surface area contributed by atoms with E-state index >= 15 is 0 Å². The van der Waals surface area contributed by atoms with Gasteiger partial charge in [0.1, 0.15) is 0 Å². The van der Waals surface area contributed by atoms with Gasteiger partial charge < -0.3 is 20.9 Å². The smallest absolute Gasteiger partial charge is 0.321 e. The Morgan fingerprint density at radius 2 is 1.83 bits per heavy atom. The Labute approximate surface area is 177 Å². The Morgan fingerprint density at radius 1 is 1.07 bits per heavy atom. The maximum absolute atomic E-state index is 12.3. The number of halogens is 1. The molecule has 7 heteroatoms. The summed E-state index contributed by atoms with van der Waals surface area (Å²) >= 11 is 5.92. The number of likely N-dealkylation sites (tertiary alicyclic amines) is 1. The molecule has 2 amide bonds. The zero-order chi connectivity index (χ0) is 20.5. The predicted octanol–water partition coefficient (Wildman–Crippen LogP) is 3.88. The van der Waals surface area contributed by atoms with Crippen molar-refractivity contribution in [2.75, 3.05) is 32.0 Å². The summed E-state index contributed by atoms with van der Waals surface area (Å²) in [5.74, 6) is 0.741. The Hall–Kier alpha value is -2.73. The lowest BCUT2D eigenvalue weighted by Crippen LogP contribution is -2.37. The van der Waals surface area contributed by atoms with Gasteiger partial charge in [0.2, 0.25) is 0 Å². The van der Waals surface area contributed by atoms with Crippen LogP contribution in [0.4, 0.5) is 10.5 Å².